The zero-order valence-electron chi connectivity index (χ0n) is 12.1. The third-order valence-corrected chi connectivity index (χ3v) is 3.24. The van der Waals surface area contributed by atoms with Gasteiger partial charge >= 0.3 is 5.97 Å². The number of aromatic nitrogens is 2. The summed E-state index contributed by atoms with van der Waals surface area (Å²) in [7, 11) is 0. The zero-order valence-corrected chi connectivity index (χ0v) is 12.1. The molecule has 110 valence electrons. The van der Waals surface area contributed by atoms with Crippen LogP contribution in [0.15, 0.2) is 36.5 Å². The summed E-state index contributed by atoms with van der Waals surface area (Å²) in [4.78, 5) is 23.2. The quantitative estimate of drug-likeness (QED) is 0.903. The highest BCUT2D eigenvalue weighted by atomic mass is 16.4. The van der Waals surface area contributed by atoms with Crippen molar-refractivity contribution < 1.29 is 14.7 Å². The second kappa shape index (κ2) is 5.40. The van der Waals surface area contributed by atoms with Crippen molar-refractivity contribution in [2.24, 2.45) is 0 Å². The number of nitrogens with zero attached hydrogens (tertiary/aromatic N) is 2. The minimum Gasteiger partial charge on any atom is -0.479 e. The van der Waals surface area contributed by atoms with Gasteiger partial charge in [0.1, 0.15) is 0 Å². The molecule has 1 heterocycles. The maximum Gasteiger partial charge on any atom is 0.331 e. The predicted octanol–water partition coefficient (Wildman–Crippen LogP) is 2.26. The lowest BCUT2D eigenvalue weighted by Crippen LogP contribution is -2.36. The Kier molecular flexibility index (Phi) is 3.80. The lowest BCUT2D eigenvalue weighted by Gasteiger charge is -2.19. The molecular weight excluding hydrogens is 270 g/mol. The Morgan fingerprint density at radius 3 is 2.38 bits per heavy atom. The zero-order chi connectivity index (χ0) is 15.6. The molecule has 21 heavy (non-hydrogen) atoms. The van der Waals surface area contributed by atoms with Gasteiger partial charge < -0.3 is 10.4 Å². The van der Waals surface area contributed by atoms with E-state index in [1.165, 1.54) is 24.7 Å². The Bertz CT molecular complexity index is 672. The lowest BCUT2D eigenvalue weighted by molar-refractivity contribution is -0.146. The summed E-state index contributed by atoms with van der Waals surface area (Å²) in [5, 5.41) is 15.9. The molecule has 0 aliphatic carbocycles. The van der Waals surface area contributed by atoms with Crippen molar-refractivity contribution in [3.8, 4) is 0 Å². The van der Waals surface area contributed by atoms with Gasteiger partial charge in [0.2, 0.25) is 0 Å². The first kappa shape index (κ1) is 14.8. The molecular formula is C15H17N3O3. The van der Waals surface area contributed by atoms with Crippen LogP contribution in [0.5, 0.6) is 0 Å². The normalized spacial score (nSPS) is 11.2. The van der Waals surface area contributed by atoms with E-state index in [1.807, 2.05) is 19.1 Å². The summed E-state index contributed by atoms with van der Waals surface area (Å²) in [6.45, 7) is 5.01. The third kappa shape index (κ3) is 3.10. The fourth-order valence-electron chi connectivity index (χ4n) is 1.69. The number of hydrogen-bond acceptors (Lipinski definition) is 3. The van der Waals surface area contributed by atoms with Crippen molar-refractivity contribution in [3.05, 3.63) is 47.7 Å². The molecule has 2 rings (SSSR count). The molecule has 0 aliphatic rings. The van der Waals surface area contributed by atoms with Crippen molar-refractivity contribution in [1.29, 1.82) is 0 Å². The maximum atomic E-state index is 12.0. The van der Waals surface area contributed by atoms with Gasteiger partial charge in [0.15, 0.2) is 11.4 Å². The van der Waals surface area contributed by atoms with Crippen LogP contribution in [0.3, 0.4) is 0 Å². The van der Waals surface area contributed by atoms with Gasteiger partial charge in [0.25, 0.3) is 5.91 Å². The van der Waals surface area contributed by atoms with Crippen LogP contribution < -0.4 is 5.32 Å². The molecule has 0 fully saturated rings. The van der Waals surface area contributed by atoms with E-state index >= 15 is 0 Å². The number of carboxylic acids is 1. The number of carboxylic acid groups (broad SMARTS) is 1. The fraction of sp³-hybridized carbons (Fsp3) is 0.267. The Balaban J connectivity index is 2.14. The van der Waals surface area contributed by atoms with E-state index in [0.717, 1.165) is 5.56 Å². The van der Waals surface area contributed by atoms with Gasteiger partial charge in [-0.25, -0.2) is 4.79 Å². The molecule has 1 amide bonds. The maximum absolute atomic E-state index is 12.0. The summed E-state index contributed by atoms with van der Waals surface area (Å²) >= 11 is 0. The molecule has 2 N–H and O–H groups in total. The van der Waals surface area contributed by atoms with E-state index in [-0.39, 0.29) is 5.91 Å². The number of benzene rings is 1. The van der Waals surface area contributed by atoms with Gasteiger partial charge in [0, 0.05) is 17.8 Å². The Labute approximate surface area is 122 Å². The number of aryl methyl sites for hydroxylation is 1. The van der Waals surface area contributed by atoms with Crippen molar-refractivity contribution in [2.75, 3.05) is 5.32 Å². The Morgan fingerprint density at radius 2 is 1.81 bits per heavy atom. The van der Waals surface area contributed by atoms with Crippen molar-refractivity contribution >= 4 is 17.7 Å². The van der Waals surface area contributed by atoms with E-state index in [0.29, 0.717) is 11.4 Å². The molecule has 1 aromatic heterocycles. The first-order chi connectivity index (χ1) is 9.80. The standard InChI is InChI=1S/C15H17N3O3/c1-10-4-6-11(7-5-10)13(19)16-12-8-9-18(17-12)15(2,3)14(20)21/h4-9H,1-3H3,(H,20,21)(H,16,17,19). The fourth-order valence-corrected chi connectivity index (χ4v) is 1.69. The summed E-state index contributed by atoms with van der Waals surface area (Å²) in [5.41, 5.74) is 0.416. The molecule has 6 heteroatoms. The third-order valence-electron chi connectivity index (χ3n) is 3.24. The van der Waals surface area contributed by atoms with Crippen LogP contribution in [-0.2, 0) is 10.3 Å². The van der Waals surface area contributed by atoms with Gasteiger partial charge in [0.05, 0.1) is 0 Å². The lowest BCUT2D eigenvalue weighted by atomic mass is 10.1. The molecule has 0 radical (unpaired) electrons. The number of rotatable bonds is 4. The molecule has 0 aliphatic heterocycles. The van der Waals surface area contributed by atoms with Gasteiger partial charge in [-0.1, -0.05) is 17.7 Å². The van der Waals surface area contributed by atoms with Crippen LogP contribution in [0.2, 0.25) is 0 Å². The average Bonchev–Trinajstić information content (AvgIpc) is 2.88. The van der Waals surface area contributed by atoms with E-state index in [2.05, 4.69) is 10.4 Å². The van der Waals surface area contributed by atoms with E-state index in [9.17, 15) is 9.59 Å². The molecule has 0 unspecified atom stereocenters. The van der Waals surface area contributed by atoms with Gasteiger partial charge in [-0.15, -0.1) is 0 Å². The summed E-state index contributed by atoms with van der Waals surface area (Å²) in [6.07, 6.45) is 1.53. The van der Waals surface area contributed by atoms with Gasteiger partial charge in [-0.2, -0.15) is 5.10 Å². The highest BCUT2D eigenvalue weighted by Crippen LogP contribution is 2.17. The number of carbonyl (C=O) groups excluding carboxylic acids is 1. The van der Waals surface area contributed by atoms with Crippen LogP contribution >= 0.6 is 0 Å². The molecule has 2 aromatic rings. The van der Waals surface area contributed by atoms with Crippen LogP contribution in [0.1, 0.15) is 29.8 Å². The van der Waals surface area contributed by atoms with E-state index in [1.54, 1.807) is 18.2 Å². The monoisotopic (exact) mass is 287 g/mol. The number of anilines is 1. The van der Waals surface area contributed by atoms with E-state index in [4.69, 9.17) is 5.11 Å². The summed E-state index contributed by atoms with van der Waals surface area (Å²) in [6, 6.07) is 8.71. The minimum absolute atomic E-state index is 0.284. The van der Waals surface area contributed by atoms with Crippen molar-refractivity contribution in [3.63, 3.8) is 0 Å². The molecule has 0 saturated carbocycles. The summed E-state index contributed by atoms with van der Waals surface area (Å²) in [5.74, 6) is -0.967. The van der Waals surface area contributed by atoms with Gasteiger partial charge in [-0.3, -0.25) is 9.48 Å². The SMILES string of the molecule is Cc1ccc(C(=O)Nc2ccn(C(C)(C)C(=O)O)n2)cc1. The van der Waals surface area contributed by atoms with Crippen LogP contribution in [0, 0.1) is 6.92 Å². The molecule has 0 spiro atoms. The smallest absolute Gasteiger partial charge is 0.331 e. The van der Waals surface area contributed by atoms with Crippen LogP contribution in [0.4, 0.5) is 5.82 Å². The summed E-state index contributed by atoms with van der Waals surface area (Å²) < 4.78 is 1.31. The predicted molar refractivity (Wildman–Crippen MR) is 78.3 cm³/mol. The first-order valence-corrected chi connectivity index (χ1v) is 6.48. The van der Waals surface area contributed by atoms with Gasteiger partial charge in [-0.05, 0) is 32.9 Å². The number of aliphatic carboxylic acids is 1. The molecule has 0 bridgehead atoms. The van der Waals surface area contributed by atoms with E-state index < -0.39 is 11.5 Å². The molecule has 0 atom stereocenters. The van der Waals surface area contributed by atoms with Crippen LogP contribution in [-0.4, -0.2) is 26.8 Å². The highest BCUT2D eigenvalue weighted by molar-refractivity contribution is 6.03. The highest BCUT2D eigenvalue weighted by Gasteiger charge is 2.30. The molecule has 1 aromatic carbocycles. The van der Waals surface area contributed by atoms with Crippen molar-refractivity contribution in [2.45, 2.75) is 26.3 Å². The first-order valence-electron chi connectivity index (χ1n) is 6.48. The number of amides is 1. The van der Waals surface area contributed by atoms with Crippen molar-refractivity contribution in [1.82, 2.24) is 9.78 Å². The second-order valence-corrected chi connectivity index (χ2v) is 5.33. The number of hydrogen-bond donors (Lipinski definition) is 2. The number of nitrogens with one attached hydrogen (secondary N) is 1. The minimum atomic E-state index is -1.17. The Morgan fingerprint density at radius 1 is 1.19 bits per heavy atom. The topological polar surface area (TPSA) is 84.2 Å². The largest absolute Gasteiger partial charge is 0.479 e. The molecule has 0 saturated heterocycles. The number of carbonyl (C=O) groups is 2. The van der Waals surface area contributed by atoms with Crippen LogP contribution in [0.25, 0.3) is 0 Å². The average molecular weight is 287 g/mol. The molecule has 6 nitrogen and oxygen atoms in total. The Hall–Kier alpha value is -2.63. The second-order valence-electron chi connectivity index (χ2n) is 5.33.